The number of carbonyl (C=O) groups excluding carboxylic acids is 2. The Labute approximate surface area is 162 Å². The number of benzene rings is 2. The minimum Gasteiger partial charge on any atom is -0.274 e. The van der Waals surface area contributed by atoms with Crippen LogP contribution < -0.4 is 0 Å². The van der Waals surface area contributed by atoms with Gasteiger partial charge in [-0.25, -0.2) is 9.29 Å². The topological polar surface area (TPSA) is 37.4 Å². The second-order valence-corrected chi connectivity index (χ2v) is 7.56. The molecule has 0 spiro atoms. The van der Waals surface area contributed by atoms with Gasteiger partial charge in [-0.1, -0.05) is 52.4 Å². The molecule has 2 aromatic rings. The van der Waals surface area contributed by atoms with E-state index in [1.165, 1.54) is 12.1 Å². The van der Waals surface area contributed by atoms with E-state index in [0.29, 0.717) is 10.5 Å². The number of carbonyl (C=O) groups is 2. The zero-order valence-corrected chi connectivity index (χ0v) is 16.0. The summed E-state index contributed by atoms with van der Waals surface area (Å²) in [4.78, 5) is 26.4. The summed E-state index contributed by atoms with van der Waals surface area (Å²) < 4.78 is 13.9. The first-order chi connectivity index (χ1) is 11.9. The van der Waals surface area contributed by atoms with Gasteiger partial charge in [0.05, 0.1) is 11.3 Å². The molecule has 1 heterocycles. The van der Waals surface area contributed by atoms with Gasteiger partial charge in [0.1, 0.15) is 10.8 Å². The fourth-order valence-electron chi connectivity index (χ4n) is 2.25. The van der Waals surface area contributed by atoms with E-state index < -0.39 is 5.24 Å². The van der Waals surface area contributed by atoms with E-state index in [2.05, 4.69) is 15.9 Å². The highest BCUT2D eigenvalue weighted by Gasteiger charge is 2.36. The number of hydrogen-bond donors (Lipinski definition) is 0. The van der Waals surface area contributed by atoms with Crippen LogP contribution in [0.25, 0.3) is 6.08 Å². The lowest BCUT2D eigenvalue weighted by Gasteiger charge is -2.12. The molecule has 3 nitrogen and oxygen atoms in total. The normalized spacial score (nSPS) is 15.9. The van der Waals surface area contributed by atoms with E-state index >= 15 is 0 Å². The van der Waals surface area contributed by atoms with Crippen LogP contribution in [-0.2, 0) is 11.2 Å². The third-order valence-electron chi connectivity index (χ3n) is 3.48. The summed E-state index contributed by atoms with van der Waals surface area (Å²) in [5, 5.41) is -0.416. The molecule has 2 amide bonds. The molecule has 0 atom stereocenters. The monoisotopic (exact) mass is 435 g/mol. The highest BCUT2D eigenvalue weighted by molar-refractivity contribution is 9.10. The zero-order valence-electron chi connectivity index (χ0n) is 12.7. The minimum absolute atomic E-state index is 0.0869. The smallest absolute Gasteiger partial charge is 0.274 e. The molecule has 0 aliphatic carbocycles. The van der Waals surface area contributed by atoms with E-state index in [4.69, 9.17) is 12.2 Å². The van der Waals surface area contributed by atoms with Gasteiger partial charge in [0.2, 0.25) is 5.91 Å². The lowest BCUT2D eigenvalue weighted by atomic mass is 10.1. The van der Waals surface area contributed by atoms with Gasteiger partial charge in [-0.3, -0.25) is 9.59 Å². The van der Waals surface area contributed by atoms with Gasteiger partial charge in [-0.15, -0.1) is 0 Å². The lowest BCUT2D eigenvalue weighted by molar-refractivity contribution is -0.124. The van der Waals surface area contributed by atoms with Gasteiger partial charge in [0, 0.05) is 4.47 Å². The number of halogens is 2. The lowest BCUT2D eigenvalue weighted by Crippen LogP contribution is -2.35. The van der Waals surface area contributed by atoms with Crippen molar-refractivity contribution in [1.29, 1.82) is 0 Å². The molecular formula is C18H11BrFNO2S2. The van der Waals surface area contributed by atoms with Crippen LogP contribution in [0, 0.1) is 5.82 Å². The number of imide groups is 1. The Hall–Kier alpha value is -1.83. The maximum Gasteiger partial charge on any atom is 0.298 e. The maximum atomic E-state index is 13.0. The summed E-state index contributed by atoms with van der Waals surface area (Å²) in [5.41, 5.74) is 1.51. The van der Waals surface area contributed by atoms with Crippen LogP contribution in [0.1, 0.15) is 11.1 Å². The van der Waals surface area contributed by atoms with Gasteiger partial charge in [0.25, 0.3) is 5.24 Å². The number of amides is 2. The van der Waals surface area contributed by atoms with Crippen LogP contribution in [0.3, 0.4) is 0 Å². The van der Waals surface area contributed by atoms with Crippen molar-refractivity contribution in [2.75, 3.05) is 0 Å². The van der Waals surface area contributed by atoms with Crippen molar-refractivity contribution >= 4 is 62.1 Å². The standard InChI is InChI=1S/C18H11BrFNO2S2/c19-13-5-1-12(2-6-13)10-16(22)21-17(24)15(25-18(21)23)9-11-3-7-14(20)8-4-11/h1-9H,10H2/b15-9+. The van der Waals surface area contributed by atoms with Crippen LogP contribution in [-0.4, -0.2) is 21.0 Å². The van der Waals surface area contributed by atoms with Crippen molar-refractivity contribution < 1.29 is 14.0 Å². The summed E-state index contributed by atoms with van der Waals surface area (Å²) >= 11 is 9.53. The second-order valence-electron chi connectivity index (χ2n) is 5.27. The van der Waals surface area contributed by atoms with E-state index in [1.807, 2.05) is 24.3 Å². The quantitative estimate of drug-likeness (QED) is 0.490. The van der Waals surface area contributed by atoms with E-state index in [0.717, 1.165) is 26.7 Å². The SMILES string of the molecule is O=C(Cc1ccc(Br)cc1)N1C(=O)S/C(=C/c2ccc(F)cc2)C1=S. The minimum atomic E-state index is -0.416. The molecule has 7 heteroatoms. The Morgan fingerprint density at radius 1 is 1.16 bits per heavy atom. The Bertz CT molecular complexity index is 879. The van der Waals surface area contributed by atoms with Crippen LogP contribution in [0.15, 0.2) is 57.9 Å². The molecule has 0 radical (unpaired) electrons. The second kappa shape index (κ2) is 7.59. The van der Waals surface area contributed by atoms with Crippen LogP contribution in [0.2, 0.25) is 0 Å². The van der Waals surface area contributed by atoms with Crippen LogP contribution >= 0.6 is 39.9 Å². The number of thiocarbonyl (C=S) groups is 1. The van der Waals surface area contributed by atoms with Crippen molar-refractivity contribution in [1.82, 2.24) is 4.90 Å². The van der Waals surface area contributed by atoms with Crippen molar-refractivity contribution in [3.05, 3.63) is 74.9 Å². The molecule has 1 fully saturated rings. The highest BCUT2D eigenvalue weighted by Crippen LogP contribution is 2.33. The van der Waals surface area contributed by atoms with E-state index in [1.54, 1.807) is 18.2 Å². The number of hydrogen-bond acceptors (Lipinski definition) is 4. The van der Waals surface area contributed by atoms with Crippen LogP contribution in [0.5, 0.6) is 0 Å². The predicted octanol–water partition coefficient (Wildman–Crippen LogP) is 5.19. The fraction of sp³-hybridized carbons (Fsp3) is 0.0556. The molecule has 2 aromatic carbocycles. The molecule has 0 bridgehead atoms. The Morgan fingerprint density at radius 3 is 2.44 bits per heavy atom. The molecule has 0 aromatic heterocycles. The number of thioether (sulfide) groups is 1. The van der Waals surface area contributed by atoms with Crippen molar-refractivity contribution in [3.63, 3.8) is 0 Å². The molecule has 3 rings (SSSR count). The predicted molar refractivity (Wildman–Crippen MR) is 105 cm³/mol. The molecule has 0 saturated carbocycles. The summed E-state index contributed by atoms with van der Waals surface area (Å²) in [6, 6.07) is 13.1. The van der Waals surface area contributed by atoms with Gasteiger partial charge in [-0.05, 0) is 53.2 Å². The van der Waals surface area contributed by atoms with Crippen molar-refractivity contribution in [2.24, 2.45) is 0 Å². The summed E-state index contributed by atoms with van der Waals surface area (Å²) in [7, 11) is 0. The average molecular weight is 436 g/mol. The Balaban J connectivity index is 1.77. The fourth-order valence-corrected chi connectivity index (χ4v) is 3.79. The van der Waals surface area contributed by atoms with Gasteiger partial charge in [0.15, 0.2) is 0 Å². The molecule has 1 aliphatic rings. The molecular weight excluding hydrogens is 425 g/mol. The van der Waals surface area contributed by atoms with E-state index in [-0.39, 0.29) is 23.1 Å². The highest BCUT2D eigenvalue weighted by atomic mass is 79.9. The molecule has 1 saturated heterocycles. The van der Waals surface area contributed by atoms with Crippen molar-refractivity contribution in [3.8, 4) is 0 Å². The number of nitrogens with zero attached hydrogens (tertiary/aromatic N) is 1. The first-order valence-electron chi connectivity index (χ1n) is 7.25. The van der Waals surface area contributed by atoms with Gasteiger partial charge >= 0.3 is 0 Å². The molecule has 126 valence electrons. The number of rotatable bonds is 3. The first kappa shape index (κ1) is 18.0. The van der Waals surface area contributed by atoms with E-state index in [9.17, 15) is 14.0 Å². The Kier molecular flexibility index (Phi) is 5.46. The first-order valence-corrected chi connectivity index (χ1v) is 9.26. The molecule has 0 N–H and O–H groups in total. The van der Waals surface area contributed by atoms with Gasteiger partial charge in [-0.2, -0.15) is 0 Å². The molecule has 0 unspecified atom stereocenters. The van der Waals surface area contributed by atoms with Crippen LogP contribution in [0.4, 0.5) is 9.18 Å². The summed E-state index contributed by atoms with van der Waals surface area (Å²) in [6.07, 6.45) is 1.76. The largest absolute Gasteiger partial charge is 0.298 e. The molecule has 1 aliphatic heterocycles. The third kappa shape index (κ3) is 4.23. The maximum absolute atomic E-state index is 13.0. The summed E-state index contributed by atoms with van der Waals surface area (Å²) in [5.74, 6) is -0.710. The van der Waals surface area contributed by atoms with Gasteiger partial charge < -0.3 is 0 Å². The third-order valence-corrected chi connectivity index (χ3v) is 5.43. The zero-order chi connectivity index (χ0) is 18.0. The Morgan fingerprint density at radius 2 is 1.80 bits per heavy atom. The van der Waals surface area contributed by atoms with Crippen molar-refractivity contribution in [2.45, 2.75) is 6.42 Å². The summed E-state index contributed by atoms with van der Waals surface area (Å²) in [6.45, 7) is 0. The molecule has 25 heavy (non-hydrogen) atoms. The average Bonchev–Trinajstić information content (AvgIpc) is 2.85.